The molecule has 1 atom stereocenters. The SMILES string of the molecule is CCOc1cc2cccc(OCC)c2c2c1C(=O)N(c1ccc(C(=O)OC)cc1C)C2O. The quantitative estimate of drug-likeness (QED) is 0.578. The van der Waals surface area contributed by atoms with Crippen LogP contribution in [0.5, 0.6) is 11.5 Å². The molecular formula is C25H25NO6. The van der Waals surface area contributed by atoms with E-state index in [9.17, 15) is 14.7 Å². The zero-order valence-corrected chi connectivity index (χ0v) is 18.5. The molecule has 1 N–H and O–H groups in total. The summed E-state index contributed by atoms with van der Waals surface area (Å²) >= 11 is 0. The molecule has 0 aromatic heterocycles. The predicted octanol–water partition coefficient (Wildman–Crippen LogP) is 4.38. The normalized spacial score (nSPS) is 15.1. The second-order valence-corrected chi connectivity index (χ2v) is 7.43. The number of carbonyl (C=O) groups is 2. The van der Waals surface area contributed by atoms with Gasteiger partial charge in [-0.2, -0.15) is 0 Å². The van der Waals surface area contributed by atoms with Crippen LogP contribution in [0.3, 0.4) is 0 Å². The summed E-state index contributed by atoms with van der Waals surface area (Å²) in [4.78, 5) is 26.8. The van der Waals surface area contributed by atoms with Gasteiger partial charge in [-0.3, -0.25) is 9.69 Å². The smallest absolute Gasteiger partial charge is 0.337 e. The van der Waals surface area contributed by atoms with E-state index in [1.807, 2.05) is 38.1 Å². The minimum Gasteiger partial charge on any atom is -0.493 e. The summed E-state index contributed by atoms with van der Waals surface area (Å²) in [5.41, 5.74) is 2.29. The fourth-order valence-corrected chi connectivity index (χ4v) is 4.22. The topological polar surface area (TPSA) is 85.3 Å². The van der Waals surface area contributed by atoms with Crippen LogP contribution in [0.2, 0.25) is 0 Å². The number of ether oxygens (including phenoxy) is 3. The predicted molar refractivity (Wildman–Crippen MR) is 121 cm³/mol. The van der Waals surface area contributed by atoms with Gasteiger partial charge >= 0.3 is 5.97 Å². The van der Waals surface area contributed by atoms with Gasteiger partial charge in [0.2, 0.25) is 0 Å². The van der Waals surface area contributed by atoms with Crippen molar-refractivity contribution in [2.24, 2.45) is 0 Å². The number of benzene rings is 3. The standard InChI is InChI=1S/C25H25NO6/c1-5-31-18-9-7-8-15-13-19(32-6-2)21-22(20(15)18)24(28)26(23(21)27)17-11-10-16(12-14(17)3)25(29)30-4/h7-13,24,28H,5-6H2,1-4H3. The van der Waals surface area contributed by atoms with Crippen LogP contribution < -0.4 is 14.4 Å². The van der Waals surface area contributed by atoms with Crippen LogP contribution in [0.4, 0.5) is 5.69 Å². The second kappa shape index (κ2) is 8.51. The molecule has 0 saturated carbocycles. The molecule has 1 aliphatic rings. The lowest BCUT2D eigenvalue weighted by Gasteiger charge is -2.23. The Bertz CT molecular complexity index is 1220. The summed E-state index contributed by atoms with van der Waals surface area (Å²) in [5.74, 6) is 0.162. The van der Waals surface area contributed by atoms with Crippen LogP contribution in [-0.4, -0.2) is 37.3 Å². The van der Waals surface area contributed by atoms with Crippen molar-refractivity contribution in [3.05, 3.63) is 64.7 Å². The van der Waals surface area contributed by atoms with E-state index in [0.717, 1.165) is 5.39 Å². The molecule has 166 valence electrons. The monoisotopic (exact) mass is 435 g/mol. The number of nitrogens with zero attached hydrogens (tertiary/aromatic N) is 1. The number of amides is 1. The van der Waals surface area contributed by atoms with Gasteiger partial charge in [-0.05, 0) is 62.1 Å². The summed E-state index contributed by atoms with van der Waals surface area (Å²) < 4.78 is 16.4. The molecule has 1 aliphatic heterocycles. The Kier molecular flexibility index (Phi) is 5.76. The first-order valence-corrected chi connectivity index (χ1v) is 10.5. The average molecular weight is 435 g/mol. The van der Waals surface area contributed by atoms with Gasteiger partial charge in [0.05, 0.1) is 31.5 Å². The van der Waals surface area contributed by atoms with Crippen molar-refractivity contribution in [2.75, 3.05) is 25.2 Å². The van der Waals surface area contributed by atoms with Crippen LogP contribution in [0.1, 0.15) is 51.9 Å². The van der Waals surface area contributed by atoms with E-state index in [4.69, 9.17) is 14.2 Å². The van der Waals surface area contributed by atoms with Gasteiger partial charge < -0.3 is 19.3 Å². The number of hydrogen-bond donors (Lipinski definition) is 1. The average Bonchev–Trinajstić information content (AvgIpc) is 3.04. The zero-order valence-electron chi connectivity index (χ0n) is 18.5. The van der Waals surface area contributed by atoms with Crippen LogP contribution in [-0.2, 0) is 4.74 Å². The largest absolute Gasteiger partial charge is 0.493 e. The lowest BCUT2D eigenvalue weighted by Crippen LogP contribution is -2.28. The van der Waals surface area contributed by atoms with Gasteiger partial charge in [-0.1, -0.05) is 12.1 Å². The van der Waals surface area contributed by atoms with E-state index in [-0.39, 0.29) is 5.91 Å². The fraction of sp³-hybridized carbons (Fsp3) is 0.280. The minimum absolute atomic E-state index is 0.315. The molecule has 32 heavy (non-hydrogen) atoms. The highest BCUT2D eigenvalue weighted by molar-refractivity contribution is 6.17. The number of fused-ring (bicyclic) bond motifs is 3. The van der Waals surface area contributed by atoms with Gasteiger partial charge in [0.15, 0.2) is 6.23 Å². The molecule has 0 radical (unpaired) electrons. The zero-order chi connectivity index (χ0) is 23.0. The first kappa shape index (κ1) is 21.6. The van der Waals surface area contributed by atoms with Crippen molar-refractivity contribution < 1.29 is 28.9 Å². The van der Waals surface area contributed by atoms with E-state index in [2.05, 4.69) is 0 Å². The van der Waals surface area contributed by atoms with Crippen molar-refractivity contribution in [2.45, 2.75) is 27.0 Å². The third-order valence-corrected chi connectivity index (χ3v) is 5.54. The maximum Gasteiger partial charge on any atom is 0.337 e. The highest BCUT2D eigenvalue weighted by atomic mass is 16.5. The molecule has 3 aromatic carbocycles. The lowest BCUT2D eigenvalue weighted by molar-refractivity contribution is 0.0600. The maximum absolute atomic E-state index is 13.6. The van der Waals surface area contributed by atoms with Gasteiger partial charge in [0.25, 0.3) is 5.91 Å². The minimum atomic E-state index is -1.25. The van der Waals surface area contributed by atoms with Crippen molar-refractivity contribution >= 4 is 28.3 Å². The number of aliphatic hydroxyl groups is 1. The van der Waals surface area contributed by atoms with Crippen LogP contribution >= 0.6 is 0 Å². The first-order chi connectivity index (χ1) is 15.4. The molecule has 0 aliphatic carbocycles. The molecule has 0 bridgehead atoms. The first-order valence-electron chi connectivity index (χ1n) is 10.5. The third-order valence-electron chi connectivity index (χ3n) is 5.54. The van der Waals surface area contributed by atoms with E-state index < -0.39 is 12.2 Å². The maximum atomic E-state index is 13.6. The Morgan fingerprint density at radius 2 is 1.78 bits per heavy atom. The van der Waals surface area contributed by atoms with E-state index in [1.165, 1.54) is 12.0 Å². The molecule has 7 nitrogen and oxygen atoms in total. The summed E-state index contributed by atoms with van der Waals surface area (Å²) in [6, 6.07) is 12.2. The number of aliphatic hydroxyl groups excluding tert-OH is 1. The van der Waals surface area contributed by atoms with Crippen molar-refractivity contribution in [3.63, 3.8) is 0 Å². The van der Waals surface area contributed by atoms with Crippen molar-refractivity contribution in [1.29, 1.82) is 0 Å². The summed E-state index contributed by atoms with van der Waals surface area (Å²) in [6.45, 7) is 6.32. The molecule has 3 aromatic rings. The Labute approximate surface area is 186 Å². The van der Waals surface area contributed by atoms with Gasteiger partial charge in [0.1, 0.15) is 11.5 Å². The number of methoxy groups -OCH3 is 1. The Morgan fingerprint density at radius 1 is 1.06 bits per heavy atom. The molecule has 0 saturated heterocycles. The summed E-state index contributed by atoms with van der Waals surface area (Å²) in [6.07, 6.45) is -1.25. The van der Waals surface area contributed by atoms with Gasteiger partial charge in [-0.15, -0.1) is 0 Å². The van der Waals surface area contributed by atoms with Crippen LogP contribution in [0.15, 0.2) is 42.5 Å². The number of rotatable bonds is 6. The van der Waals surface area contributed by atoms with Crippen molar-refractivity contribution in [3.8, 4) is 11.5 Å². The van der Waals surface area contributed by atoms with E-state index in [1.54, 1.807) is 25.1 Å². The van der Waals surface area contributed by atoms with Crippen LogP contribution in [0, 0.1) is 6.92 Å². The molecule has 1 amide bonds. The number of aryl methyl sites for hydroxylation is 1. The van der Waals surface area contributed by atoms with Crippen LogP contribution in [0.25, 0.3) is 10.8 Å². The molecule has 7 heteroatoms. The number of hydrogen-bond acceptors (Lipinski definition) is 6. The second-order valence-electron chi connectivity index (χ2n) is 7.43. The van der Waals surface area contributed by atoms with Gasteiger partial charge in [0, 0.05) is 16.6 Å². The van der Waals surface area contributed by atoms with E-state index in [0.29, 0.717) is 58.0 Å². The number of carbonyl (C=O) groups excluding carboxylic acids is 2. The molecule has 4 rings (SSSR count). The number of esters is 1. The highest BCUT2D eigenvalue weighted by Gasteiger charge is 2.42. The third kappa shape index (κ3) is 3.35. The van der Waals surface area contributed by atoms with Gasteiger partial charge in [-0.25, -0.2) is 4.79 Å². The Hall–Kier alpha value is -3.58. The fourth-order valence-electron chi connectivity index (χ4n) is 4.22. The Morgan fingerprint density at radius 3 is 2.44 bits per heavy atom. The van der Waals surface area contributed by atoms with Crippen molar-refractivity contribution in [1.82, 2.24) is 0 Å². The van der Waals surface area contributed by atoms with E-state index >= 15 is 0 Å². The molecular weight excluding hydrogens is 410 g/mol. The molecule has 1 heterocycles. The summed E-state index contributed by atoms with van der Waals surface area (Å²) in [5, 5.41) is 12.9. The lowest BCUT2D eigenvalue weighted by atomic mass is 9.98. The summed E-state index contributed by atoms with van der Waals surface area (Å²) in [7, 11) is 1.31. The molecule has 0 spiro atoms. The molecule has 1 unspecified atom stereocenters. The Balaban J connectivity index is 1.93. The highest BCUT2D eigenvalue weighted by Crippen LogP contribution is 2.47. The molecule has 0 fully saturated rings. The number of anilines is 1.